The van der Waals surface area contributed by atoms with E-state index in [1.54, 1.807) is 4.90 Å². The van der Waals surface area contributed by atoms with E-state index >= 15 is 0 Å². The van der Waals surface area contributed by atoms with Gasteiger partial charge < -0.3 is 10.0 Å². The van der Waals surface area contributed by atoms with Crippen molar-refractivity contribution >= 4 is 85.3 Å². The fourth-order valence-electron chi connectivity index (χ4n) is 2.55. The second kappa shape index (κ2) is 7.28. The third kappa shape index (κ3) is 3.48. The van der Waals surface area contributed by atoms with Gasteiger partial charge in [0.1, 0.15) is 0 Å². The summed E-state index contributed by atoms with van der Waals surface area (Å²) >= 11 is 6.62. The average molecular weight is 625 g/mol. The van der Waals surface area contributed by atoms with Crippen LogP contribution in [-0.2, 0) is 9.59 Å². The molecule has 2 rings (SSSR count). The van der Waals surface area contributed by atoms with Crippen LogP contribution in [0.2, 0.25) is 0 Å². The molecule has 4 nitrogen and oxygen atoms in total. The van der Waals surface area contributed by atoms with Crippen LogP contribution < -0.4 is 4.90 Å². The lowest BCUT2D eigenvalue weighted by Crippen LogP contribution is -2.27. The summed E-state index contributed by atoms with van der Waals surface area (Å²) < 4.78 is 2.85. The molecule has 1 aliphatic rings. The lowest BCUT2D eigenvalue weighted by molar-refractivity contribution is -0.138. The summed E-state index contributed by atoms with van der Waals surface area (Å²) in [5.74, 6) is -1.22. The SMILES string of the molecule is CCC(C(=O)O)c1c(I)cc(I)c(N2CCCC2=O)c1I. The fraction of sp³-hybridized carbons (Fsp3) is 0.429. The number of carboxylic acids is 1. The zero-order valence-electron chi connectivity index (χ0n) is 11.3. The number of rotatable bonds is 4. The molecule has 1 aromatic carbocycles. The summed E-state index contributed by atoms with van der Waals surface area (Å²) in [6, 6.07) is 1.98. The third-order valence-corrected chi connectivity index (χ3v) is 6.39. The predicted molar refractivity (Wildman–Crippen MR) is 107 cm³/mol. The molecule has 0 radical (unpaired) electrons. The minimum absolute atomic E-state index is 0.126. The summed E-state index contributed by atoms with van der Waals surface area (Å²) in [7, 11) is 0. The lowest BCUT2D eigenvalue weighted by Gasteiger charge is -2.24. The zero-order valence-corrected chi connectivity index (χ0v) is 17.8. The molecule has 1 fully saturated rings. The van der Waals surface area contributed by atoms with E-state index in [1.165, 1.54) is 0 Å². The quantitative estimate of drug-likeness (QED) is 0.511. The smallest absolute Gasteiger partial charge is 0.311 e. The molecule has 1 unspecified atom stereocenters. The number of halogens is 3. The van der Waals surface area contributed by atoms with Gasteiger partial charge in [0.05, 0.1) is 11.6 Å². The summed E-state index contributed by atoms with van der Waals surface area (Å²) in [5, 5.41) is 9.46. The summed E-state index contributed by atoms with van der Waals surface area (Å²) in [6.07, 6.45) is 1.97. The molecule has 21 heavy (non-hydrogen) atoms. The first kappa shape index (κ1) is 17.7. The van der Waals surface area contributed by atoms with E-state index in [9.17, 15) is 14.7 Å². The highest BCUT2D eigenvalue weighted by Crippen LogP contribution is 2.40. The molecule has 1 saturated heterocycles. The van der Waals surface area contributed by atoms with Crippen LogP contribution in [0.3, 0.4) is 0 Å². The standard InChI is InChI=1S/C14H14I3NO3/c1-2-7(14(20)21)11-8(15)6-9(16)13(12(11)17)18-5-3-4-10(18)19/h6-7H,2-5H2,1H3,(H,20,21). The van der Waals surface area contributed by atoms with Gasteiger partial charge >= 0.3 is 5.97 Å². The molecule has 1 atom stereocenters. The number of nitrogens with zero attached hydrogens (tertiary/aromatic N) is 1. The number of benzene rings is 1. The normalized spacial score (nSPS) is 16.4. The van der Waals surface area contributed by atoms with E-state index in [1.807, 2.05) is 13.0 Å². The van der Waals surface area contributed by atoms with Gasteiger partial charge in [-0.25, -0.2) is 0 Å². The van der Waals surface area contributed by atoms with Gasteiger partial charge in [-0.3, -0.25) is 9.59 Å². The highest BCUT2D eigenvalue weighted by molar-refractivity contribution is 14.1. The molecule has 0 aliphatic carbocycles. The Kier molecular flexibility index (Phi) is 6.14. The number of amides is 1. The van der Waals surface area contributed by atoms with Gasteiger partial charge in [-0.2, -0.15) is 0 Å². The second-order valence-corrected chi connectivity index (χ2v) is 8.27. The van der Waals surface area contributed by atoms with Crippen LogP contribution in [0.15, 0.2) is 6.07 Å². The minimum atomic E-state index is -0.812. The summed E-state index contributed by atoms with van der Waals surface area (Å²) in [4.78, 5) is 25.4. The maximum Gasteiger partial charge on any atom is 0.311 e. The Morgan fingerprint density at radius 2 is 2.05 bits per heavy atom. The van der Waals surface area contributed by atoms with E-state index in [2.05, 4.69) is 67.8 Å². The number of aliphatic carboxylic acids is 1. The first-order valence-corrected chi connectivity index (χ1v) is 9.82. The van der Waals surface area contributed by atoms with Crippen molar-refractivity contribution in [2.24, 2.45) is 0 Å². The van der Waals surface area contributed by atoms with Crippen molar-refractivity contribution in [1.82, 2.24) is 0 Å². The lowest BCUT2D eigenvalue weighted by atomic mass is 9.96. The molecule has 1 amide bonds. The molecule has 7 heteroatoms. The number of carbonyl (C=O) groups excluding carboxylic acids is 1. The molecule has 1 heterocycles. The monoisotopic (exact) mass is 625 g/mol. The fourth-order valence-corrected chi connectivity index (χ4v) is 7.25. The maximum atomic E-state index is 12.0. The highest BCUT2D eigenvalue weighted by atomic mass is 127. The van der Waals surface area contributed by atoms with Crippen molar-refractivity contribution in [2.75, 3.05) is 11.4 Å². The third-order valence-electron chi connectivity index (χ3n) is 3.58. The largest absolute Gasteiger partial charge is 0.481 e. The van der Waals surface area contributed by atoms with Crippen LogP contribution in [-0.4, -0.2) is 23.5 Å². The number of carboxylic acid groups (broad SMARTS) is 1. The second-order valence-electron chi connectivity index (χ2n) is 4.86. The molecule has 114 valence electrons. The Morgan fingerprint density at radius 3 is 2.52 bits per heavy atom. The number of carbonyl (C=O) groups is 2. The van der Waals surface area contributed by atoms with Crippen molar-refractivity contribution in [1.29, 1.82) is 0 Å². The van der Waals surface area contributed by atoms with Crippen LogP contribution in [0.1, 0.15) is 37.7 Å². The Labute approximate surface area is 164 Å². The number of hydrogen-bond acceptors (Lipinski definition) is 2. The maximum absolute atomic E-state index is 12.0. The average Bonchev–Trinajstić information content (AvgIpc) is 2.80. The minimum Gasteiger partial charge on any atom is -0.481 e. The molecule has 0 spiro atoms. The van der Waals surface area contributed by atoms with E-state index in [0.717, 1.165) is 28.4 Å². The van der Waals surface area contributed by atoms with E-state index in [-0.39, 0.29) is 5.91 Å². The zero-order chi connectivity index (χ0) is 15.7. The van der Waals surface area contributed by atoms with Gasteiger partial charge in [-0.1, -0.05) is 6.92 Å². The van der Waals surface area contributed by atoms with Crippen molar-refractivity contribution < 1.29 is 14.7 Å². The van der Waals surface area contributed by atoms with Crippen LogP contribution in [0, 0.1) is 10.7 Å². The van der Waals surface area contributed by atoms with Gasteiger partial charge in [0.25, 0.3) is 0 Å². The van der Waals surface area contributed by atoms with Crippen LogP contribution in [0.25, 0.3) is 0 Å². The summed E-state index contributed by atoms with van der Waals surface area (Å²) in [5.41, 5.74) is 1.72. The van der Waals surface area contributed by atoms with Crippen LogP contribution >= 0.6 is 67.8 Å². The molecule has 1 aliphatic heterocycles. The Morgan fingerprint density at radius 1 is 1.38 bits per heavy atom. The van der Waals surface area contributed by atoms with Gasteiger partial charge in [-0.05, 0) is 92.2 Å². The Bertz CT molecular complexity index is 577. The van der Waals surface area contributed by atoms with Crippen LogP contribution in [0.5, 0.6) is 0 Å². The predicted octanol–water partition coefficient (Wildman–Crippen LogP) is 4.21. The highest BCUT2D eigenvalue weighted by Gasteiger charge is 2.31. The van der Waals surface area contributed by atoms with Crippen molar-refractivity contribution in [3.05, 3.63) is 22.3 Å². The van der Waals surface area contributed by atoms with Crippen molar-refractivity contribution in [3.63, 3.8) is 0 Å². The first-order chi connectivity index (χ1) is 9.88. The topological polar surface area (TPSA) is 57.6 Å². The van der Waals surface area contributed by atoms with E-state index in [4.69, 9.17) is 0 Å². The van der Waals surface area contributed by atoms with Gasteiger partial charge in [0.15, 0.2) is 0 Å². The van der Waals surface area contributed by atoms with Crippen LogP contribution in [0.4, 0.5) is 5.69 Å². The summed E-state index contributed by atoms with van der Waals surface area (Å²) in [6.45, 7) is 2.60. The molecule has 1 N–H and O–H groups in total. The molecule has 0 bridgehead atoms. The number of anilines is 1. The molecule has 1 aromatic rings. The molecule has 0 aromatic heterocycles. The van der Waals surface area contributed by atoms with Gasteiger partial charge in [-0.15, -0.1) is 0 Å². The number of hydrogen-bond donors (Lipinski definition) is 1. The van der Waals surface area contributed by atoms with Crippen molar-refractivity contribution in [2.45, 2.75) is 32.1 Å². The Balaban J connectivity index is 2.62. The van der Waals surface area contributed by atoms with Crippen molar-refractivity contribution in [3.8, 4) is 0 Å². The molecular formula is C14H14I3NO3. The first-order valence-electron chi connectivity index (χ1n) is 6.59. The van der Waals surface area contributed by atoms with E-state index < -0.39 is 11.9 Å². The van der Waals surface area contributed by atoms with Gasteiger partial charge in [0.2, 0.25) is 5.91 Å². The van der Waals surface area contributed by atoms with E-state index in [0.29, 0.717) is 19.4 Å². The Hall–Kier alpha value is 0.350. The van der Waals surface area contributed by atoms with Gasteiger partial charge in [0, 0.05) is 23.7 Å². The molecule has 0 saturated carbocycles. The molecular weight excluding hydrogens is 611 g/mol.